The maximum atomic E-state index is 12.0. The largest absolute Gasteiger partial charge is 0.308 e. The Morgan fingerprint density at radius 1 is 1.22 bits per heavy atom. The van der Waals surface area contributed by atoms with Crippen molar-refractivity contribution < 1.29 is 4.79 Å². The second kappa shape index (κ2) is 6.76. The fourth-order valence-corrected chi connectivity index (χ4v) is 3.09. The van der Waals surface area contributed by atoms with E-state index in [2.05, 4.69) is 10.5 Å². The molecule has 0 atom stereocenters. The van der Waals surface area contributed by atoms with Crippen LogP contribution in [0.25, 0.3) is 10.2 Å². The van der Waals surface area contributed by atoms with Crippen LogP contribution in [0.1, 0.15) is 5.56 Å². The van der Waals surface area contributed by atoms with Crippen LogP contribution in [0.3, 0.4) is 0 Å². The number of hydrazone groups is 1. The van der Waals surface area contributed by atoms with E-state index in [-0.39, 0.29) is 17.3 Å². The zero-order chi connectivity index (χ0) is 16.2. The van der Waals surface area contributed by atoms with Gasteiger partial charge in [-0.25, -0.2) is 5.43 Å². The molecular formula is C16H12ClN3O2S. The van der Waals surface area contributed by atoms with E-state index in [4.69, 9.17) is 11.6 Å². The van der Waals surface area contributed by atoms with Crippen LogP contribution in [0.4, 0.5) is 0 Å². The number of nitrogens with one attached hydrogen (secondary N) is 1. The number of amides is 1. The minimum atomic E-state index is -0.360. The number of carbonyl (C=O) groups excluding carboxylic acids is 1. The van der Waals surface area contributed by atoms with E-state index in [1.54, 1.807) is 24.3 Å². The molecular weight excluding hydrogens is 334 g/mol. The molecule has 3 aromatic rings. The molecule has 1 aromatic heterocycles. The van der Waals surface area contributed by atoms with Gasteiger partial charge in [-0.2, -0.15) is 5.10 Å². The van der Waals surface area contributed by atoms with Gasteiger partial charge in [0.15, 0.2) is 0 Å². The quantitative estimate of drug-likeness (QED) is 0.583. The van der Waals surface area contributed by atoms with Crippen LogP contribution in [-0.4, -0.2) is 16.7 Å². The Morgan fingerprint density at radius 3 is 2.74 bits per heavy atom. The van der Waals surface area contributed by atoms with E-state index >= 15 is 0 Å². The normalized spacial score (nSPS) is 11.2. The third kappa shape index (κ3) is 3.67. The predicted octanol–water partition coefficient (Wildman–Crippen LogP) is 2.87. The Morgan fingerprint density at radius 2 is 1.96 bits per heavy atom. The van der Waals surface area contributed by atoms with Gasteiger partial charge in [0.1, 0.15) is 6.54 Å². The van der Waals surface area contributed by atoms with Crippen molar-refractivity contribution in [3.05, 3.63) is 68.8 Å². The highest BCUT2D eigenvalue weighted by atomic mass is 35.5. The molecule has 7 heteroatoms. The third-order valence-corrected chi connectivity index (χ3v) is 4.36. The van der Waals surface area contributed by atoms with E-state index < -0.39 is 0 Å². The lowest BCUT2D eigenvalue weighted by Gasteiger charge is -2.02. The summed E-state index contributed by atoms with van der Waals surface area (Å²) in [5, 5.41) is 4.52. The standard InChI is InChI=1S/C16H12ClN3O2S/c17-12-7-5-11(6-8-12)9-18-19-15(21)10-20-13-3-1-2-4-14(13)23-16(20)22/h1-9H,10H2,(H,19,21)/b18-9+. The summed E-state index contributed by atoms with van der Waals surface area (Å²) < 4.78 is 2.29. The van der Waals surface area contributed by atoms with Crippen LogP contribution in [0.2, 0.25) is 5.02 Å². The topological polar surface area (TPSA) is 63.5 Å². The number of aromatic nitrogens is 1. The van der Waals surface area contributed by atoms with E-state index in [9.17, 15) is 9.59 Å². The Balaban J connectivity index is 1.68. The average Bonchev–Trinajstić information content (AvgIpc) is 2.85. The Labute approximate surface area is 140 Å². The number of nitrogens with zero attached hydrogens (tertiary/aromatic N) is 2. The van der Waals surface area contributed by atoms with Crippen LogP contribution in [0.15, 0.2) is 58.4 Å². The van der Waals surface area contributed by atoms with Gasteiger partial charge in [0.05, 0.1) is 16.4 Å². The second-order valence-corrected chi connectivity index (χ2v) is 6.20. The summed E-state index contributed by atoms with van der Waals surface area (Å²) in [7, 11) is 0. The first-order chi connectivity index (χ1) is 11.1. The smallest absolute Gasteiger partial charge is 0.289 e. The molecule has 0 radical (unpaired) electrons. The Hall–Kier alpha value is -2.44. The lowest BCUT2D eigenvalue weighted by molar-refractivity contribution is -0.121. The van der Waals surface area contributed by atoms with Gasteiger partial charge in [0.25, 0.3) is 5.91 Å². The summed E-state index contributed by atoms with van der Waals surface area (Å²) in [5.74, 6) is -0.360. The van der Waals surface area contributed by atoms with Crippen molar-refractivity contribution in [3.63, 3.8) is 0 Å². The third-order valence-electron chi connectivity index (χ3n) is 3.15. The van der Waals surface area contributed by atoms with Crippen LogP contribution in [0.5, 0.6) is 0 Å². The molecule has 1 heterocycles. The summed E-state index contributed by atoms with van der Waals surface area (Å²) in [6.07, 6.45) is 1.52. The number of halogens is 1. The fraction of sp³-hybridized carbons (Fsp3) is 0.0625. The minimum absolute atomic E-state index is 0.0686. The first kappa shape index (κ1) is 15.5. The number of fused-ring (bicyclic) bond motifs is 1. The lowest BCUT2D eigenvalue weighted by Crippen LogP contribution is -2.27. The highest BCUT2D eigenvalue weighted by molar-refractivity contribution is 7.16. The molecule has 2 aromatic carbocycles. The van der Waals surface area contributed by atoms with Crippen molar-refractivity contribution in [2.75, 3.05) is 0 Å². The first-order valence-corrected chi connectivity index (χ1v) is 7.99. The predicted molar refractivity (Wildman–Crippen MR) is 93.3 cm³/mol. The van der Waals surface area contributed by atoms with Crippen LogP contribution < -0.4 is 10.3 Å². The van der Waals surface area contributed by atoms with E-state index in [1.165, 1.54) is 10.8 Å². The Bertz CT molecular complexity index is 928. The van der Waals surface area contributed by atoms with Crippen molar-refractivity contribution in [3.8, 4) is 0 Å². The number of hydrogen-bond acceptors (Lipinski definition) is 4. The molecule has 3 rings (SSSR count). The molecule has 0 saturated heterocycles. The molecule has 116 valence electrons. The number of thiazole rings is 1. The molecule has 0 saturated carbocycles. The zero-order valence-electron chi connectivity index (χ0n) is 11.9. The zero-order valence-corrected chi connectivity index (χ0v) is 13.5. The highest BCUT2D eigenvalue weighted by Gasteiger charge is 2.10. The Kier molecular flexibility index (Phi) is 4.55. The number of rotatable bonds is 4. The molecule has 0 aliphatic rings. The van der Waals surface area contributed by atoms with Crippen molar-refractivity contribution >= 4 is 45.3 Å². The maximum absolute atomic E-state index is 12.0. The van der Waals surface area contributed by atoms with Gasteiger partial charge in [0.2, 0.25) is 0 Å². The highest BCUT2D eigenvalue weighted by Crippen LogP contribution is 2.16. The summed E-state index contributed by atoms with van der Waals surface area (Å²) >= 11 is 6.91. The number of para-hydroxylation sites is 1. The van der Waals surface area contributed by atoms with Crippen LogP contribution in [0, 0.1) is 0 Å². The molecule has 0 spiro atoms. The molecule has 0 aliphatic carbocycles. The van der Waals surface area contributed by atoms with E-state index in [0.717, 1.165) is 27.1 Å². The lowest BCUT2D eigenvalue weighted by atomic mass is 10.2. The molecule has 0 bridgehead atoms. The summed E-state index contributed by atoms with van der Waals surface area (Å²) in [4.78, 5) is 23.7. The minimum Gasteiger partial charge on any atom is -0.289 e. The van der Waals surface area contributed by atoms with Gasteiger partial charge in [-0.1, -0.05) is 47.2 Å². The number of hydrogen-bond donors (Lipinski definition) is 1. The molecule has 1 amide bonds. The molecule has 23 heavy (non-hydrogen) atoms. The fourth-order valence-electron chi connectivity index (χ4n) is 2.07. The molecule has 0 fully saturated rings. The molecule has 1 N–H and O–H groups in total. The van der Waals surface area contributed by atoms with Gasteiger partial charge in [-0.05, 0) is 29.8 Å². The average molecular weight is 346 g/mol. The van der Waals surface area contributed by atoms with E-state index in [1.807, 2.05) is 24.3 Å². The summed E-state index contributed by atoms with van der Waals surface area (Å²) in [5.41, 5.74) is 3.98. The van der Waals surface area contributed by atoms with Crippen molar-refractivity contribution in [2.45, 2.75) is 6.54 Å². The molecule has 0 unspecified atom stereocenters. The SMILES string of the molecule is O=C(Cn1c(=O)sc2ccccc21)N/N=C/c1ccc(Cl)cc1. The number of benzene rings is 2. The van der Waals surface area contributed by atoms with Crippen molar-refractivity contribution in [2.24, 2.45) is 5.10 Å². The van der Waals surface area contributed by atoms with E-state index in [0.29, 0.717) is 5.02 Å². The maximum Gasteiger partial charge on any atom is 0.308 e. The van der Waals surface area contributed by atoms with Gasteiger partial charge >= 0.3 is 4.87 Å². The van der Waals surface area contributed by atoms with Gasteiger partial charge < -0.3 is 0 Å². The van der Waals surface area contributed by atoms with Crippen LogP contribution >= 0.6 is 22.9 Å². The van der Waals surface area contributed by atoms with Crippen molar-refractivity contribution in [1.82, 2.24) is 9.99 Å². The van der Waals surface area contributed by atoms with Gasteiger partial charge in [0, 0.05) is 5.02 Å². The number of carbonyl (C=O) groups is 1. The van der Waals surface area contributed by atoms with Gasteiger partial charge in [-0.3, -0.25) is 14.2 Å². The second-order valence-electron chi connectivity index (χ2n) is 4.77. The molecule has 5 nitrogen and oxygen atoms in total. The summed E-state index contributed by atoms with van der Waals surface area (Å²) in [6.45, 7) is -0.0686. The first-order valence-electron chi connectivity index (χ1n) is 6.79. The van der Waals surface area contributed by atoms with Crippen molar-refractivity contribution in [1.29, 1.82) is 0 Å². The van der Waals surface area contributed by atoms with Gasteiger partial charge in [-0.15, -0.1) is 0 Å². The molecule has 0 aliphatic heterocycles. The monoisotopic (exact) mass is 345 g/mol. The van der Waals surface area contributed by atoms with Crippen LogP contribution in [-0.2, 0) is 11.3 Å². The summed E-state index contributed by atoms with van der Waals surface area (Å²) in [6, 6.07) is 14.4.